The highest BCUT2D eigenvalue weighted by Crippen LogP contribution is 2.21. The monoisotopic (exact) mass is 545 g/mol. The molecule has 0 aliphatic carbocycles. The van der Waals surface area contributed by atoms with Crippen LogP contribution in [0.1, 0.15) is 25.3 Å². The van der Waals surface area contributed by atoms with Crippen molar-refractivity contribution < 1.29 is 32.2 Å². The van der Waals surface area contributed by atoms with E-state index >= 15 is 0 Å². The summed E-state index contributed by atoms with van der Waals surface area (Å²) in [6, 6.07) is 14.7. The molecule has 2 aliphatic rings. The number of hydrogen-bond donors (Lipinski definition) is 1. The lowest BCUT2D eigenvalue weighted by Crippen LogP contribution is -2.50. The number of hydrogen-bond acceptors (Lipinski definition) is 7. The first-order chi connectivity index (χ1) is 18.3. The maximum atomic E-state index is 13.2. The average molecular weight is 546 g/mol. The van der Waals surface area contributed by atoms with Crippen LogP contribution in [0.4, 0.5) is 0 Å². The Kier molecular flexibility index (Phi) is 9.73. The number of amides is 2. The lowest BCUT2D eigenvalue weighted by molar-refractivity contribution is -0.142. The van der Waals surface area contributed by atoms with Gasteiger partial charge in [0.1, 0.15) is 11.8 Å². The predicted molar refractivity (Wildman–Crippen MR) is 140 cm³/mol. The first kappa shape index (κ1) is 28.0. The molecule has 2 heterocycles. The van der Waals surface area contributed by atoms with Crippen LogP contribution in [-0.4, -0.2) is 87.6 Å². The Balaban J connectivity index is 1.38. The van der Waals surface area contributed by atoms with Crippen molar-refractivity contribution >= 4 is 21.8 Å². The Morgan fingerprint density at radius 2 is 1.79 bits per heavy atom. The van der Waals surface area contributed by atoms with Gasteiger partial charge in [-0.2, -0.15) is 4.31 Å². The molecule has 2 atom stereocenters. The van der Waals surface area contributed by atoms with Gasteiger partial charge in [-0.1, -0.05) is 30.3 Å². The second-order valence-corrected chi connectivity index (χ2v) is 11.3. The maximum absolute atomic E-state index is 13.2. The number of morpholine rings is 1. The lowest BCUT2D eigenvalue weighted by atomic mass is 10.1. The fourth-order valence-electron chi connectivity index (χ4n) is 4.40. The summed E-state index contributed by atoms with van der Waals surface area (Å²) in [6.07, 6.45) is 1.89. The molecule has 0 radical (unpaired) electrons. The van der Waals surface area contributed by atoms with Crippen molar-refractivity contribution in [1.29, 1.82) is 0 Å². The van der Waals surface area contributed by atoms with Gasteiger partial charge in [-0.3, -0.25) is 9.59 Å². The summed E-state index contributed by atoms with van der Waals surface area (Å²) in [5.74, 6) is -0.268. The number of rotatable bonds is 11. The van der Waals surface area contributed by atoms with E-state index in [2.05, 4.69) is 5.32 Å². The molecule has 38 heavy (non-hydrogen) atoms. The van der Waals surface area contributed by atoms with E-state index in [0.717, 1.165) is 18.4 Å². The van der Waals surface area contributed by atoms with Gasteiger partial charge in [-0.05, 0) is 49.6 Å². The van der Waals surface area contributed by atoms with E-state index in [0.29, 0.717) is 45.2 Å². The van der Waals surface area contributed by atoms with Crippen molar-refractivity contribution in [2.24, 2.45) is 0 Å². The summed E-state index contributed by atoms with van der Waals surface area (Å²) in [5, 5.41) is 2.90. The Bertz CT molecular complexity index is 1160. The minimum Gasteiger partial charge on any atom is -0.484 e. The van der Waals surface area contributed by atoms with E-state index in [4.69, 9.17) is 14.2 Å². The normalized spacial score (nSPS) is 19.0. The van der Waals surface area contributed by atoms with Crippen molar-refractivity contribution in [1.82, 2.24) is 14.5 Å². The molecule has 2 fully saturated rings. The summed E-state index contributed by atoms with van der Waals surface area (Å²) >= 11 is 0. The highest BCUT2D eigenvalue weighted by molar-refractivity contribution is 7.89. The zero-order valence-corrected chi connectivity index (χ0v) is 22.4. The second kappa shape index (κ2) is 13.2. The van der Waals surface area contributed by atoms with Gasteiger partial charge in [0.15, 0.2) is 6.61 Å². The third-order valence-electron chi connectivity index (χ3n) is 6.68. The Labute approximate surface area is 223 Å². The summed E-state index contributed by atoms with van der Waals surface area (Å²) in [4.78, 5) is 27.8. The molecule has 0 aromatic heterocycles. The van der Waals surface area contributed by atoms with Crippen LogP contribution in [-0.2, 0) is 35.6 Å². The second-order valence-electron chi connectivity index (χ2n) is 9.34. The Morgan fingerprint density at radius 1 is 1.08 bits per heavy atom. The molecule has 2 aliphatic heterocycles. The van der Waals surface area contributed by atoms with Gasteiger partial charge in [0.05, 0.1) is 24.2 Å². The zero-order chi connectivity index (χ0) is 27.0. The number of sulfonamides is 1. The molecule has 11 heteroatoms. The summed E-state index contributed by atoms with van der Waals surface area (Å²) in [6.45, 7) is 4.10. The molecule has 2 amide bonds. The van der Waals surface area contributed by atoms with E-state index in [-0.39, 0.29) is 36.0 Å². The van der Waals surface area contributed by atoms with Crippen LogP contribution in [0, 0.1) is 0 Å². The van der Waals surface area contributed by atoms with Crippen LogP contribution >= 0.6 is 0 Å². The molecule has 0 bridgehead atoms. The molecule has 206 valence electrons. The van der Waals surface area contributed by atoms with Crippen molar-refractivity contribution in [2.75, 3.05) is 46.1 Å². The van der Waals surface area contributed by atoms with Crippen LogP contribution in [0.15, 0.2) is 59.5 Å². The first-order valence-electron chi connectivity index (χ1n) is 12.9. The highest BCUT2D eigenvalue weighted by Gasteiger charge is 2.28. The SMILES string of the molecule is C[C@@H](C(=O)NC[C@@H]1CCCO1)N(Cc1ccccc1)C(=O)COc1ccc(S(=O)(=O)N2CCOCC2)cc1. The molecule has 0 unspecified atom stereocenters. The van der Waals surface area contributed by atoms with E-state index in [9.17, 15) is 18.0 Å². The highest BCUT2D eigenvalue weighted by atomic mass is 32.2. The minimum absolute atomic E-state index is 0.00258. The number of carbonyl (C=O) groups excluding carboxylic acids is 2. The summed E-state index contributed by atoms with van der Waals surface area (Å²) in [7, 11) is -3.62. The minimum atomic E-state index is -3.62. The fourth-order valence-corrected chi connectivity index (χ4v) is 5.81. The predicted octanol–water partition coefficient (Wildman–Crippen LogP) is 1.80. The van der Waals surface area contributed by atoms with Crippen LogP contribution < -0.4 is 10.1 Å². The number of nitrogens with one attached hydrogen (secondary N) is 1. The smallest absolute Gasteiger partial charge is 0.261 e. The van der Waals surface area contributed by atoms with E-state index in [1.165, 1.54) is 33.5 Å². The summed E-state index contributed by atoms with van der Waals surface area (Å²) < 4.78 is 43.6. The van der Waals surface area contributed by atoms with Gasteiger partial charge in [-0.15, -0.1) is 0 Å². The number of carbonyl (C=O) groups is 2. The van der Waals surface area contributed by atoms with Gasteiger partial charge in [-0.25, -0.2) is 8.42 Å². The largest absolute Gasteiger partial charge is 0.484 e. The Hall–Kier alpha value is -2.99. The number of nitrogens with zero attached hydrogens (tertiary/aromatic N) is 2. The topological polar surface area (TPSA) is 114 Å². The first-order valence-corrected chi connectivity index (χ1v) is 14.3. The van der Waals surface area contributed by atoms with Crippen LogP contribution in [0.25, 0.3) is 0 Å². The lowest BCUT2D eigenvalue weighted by Gasteiger charge is -2.29. The van der Waals surface area contributed by atoms with Gasteiger partial charge in [0.2, 0.25) is 15.9 Å². The molecule has 4 rings (SSSR count). The van der Waals surface area contributed by atoms with E-state index in [1.54, 1.807) is 6.92 Å². The van der Waals surface area contributed by atoms with Gasteiger partial charge >= 0.3 is 0 Å². The fraction of sp³-hybridized carbons (Fsp3) is 0.481. The number of benzene rings is 2. The maximum Gasteiger partial charge on any atom is 0.261 e. The molecule has 2 saturated heterocycles. The molecular weight excluding hydrogens is 510 g/mol. The van der Waals surface area contributed by atoms with Gasteiger partial charge in [0.25, 0.3) is 5.91 Å². The van der Waals surface area contributed by atoms with Gasteiger partial charge < -0.3 is 24.4 Å². The summed E-state index contributed by atoms with van der Waals surface area (Å²) in [5.41, 5.74) is 0.886. The van der Waals surface area contributed by atoms with Crippen LogP contribution in [0.3, 0.4) is 0 Å². The zero-order valence-electron chi connectivity index (χ0n) is 21.6. The molecule has 0 saturated carbocycles. The quantitative estimate of drug-likeness (QED) is 0.458. The van der Waals surface area contributed by atoms with E-state index in [1.807, 2.05) is 30.3 Å². The van der Waals surface area contributed by atoms with Crippen molar-refractivity contribution in [3.8, 4) is 5.75 Å². The molecule has 2 aromatic carbocycles. The Morgan fingerprint density at radius 3 is 2.45 bits per heavy atom. The molecular formula is C27H35N3O7S. The third kappa shape index (κ3) is 7.31. The van der Waals surface area contributed by atoms with Gasteiger partial charge in [0, 0.05) is 32.8 Å². The van der Waals surface area contributed by atoms with Crippen molar-refractivity contribution in [2.45, 2.75) is 43.4 Å². The molecule has 1 N–H and O–H groups in total. The molecule has 2 aromatic rings. The van der Waals surface area contributed by atoms with E-state index < -0.39 is 16.1 Å². The van der Waals surface area contributed by atoms with Crippen molar-refractivity contribution in [3.63, 3.8) is 0 Å². The van der Waals surface area contributed by atoms with Crippen molar-refractivity contribution in [3.05, 3.63) is 60.2 Å². The standard InChI is InChI=1S/C27H35N3O7S/c1-21(27(32)28-18-24-8-5-15-36-24)30(19-22-6-3-2-4-7-22)26(31)20-37-23-9-11-25(12-10-23)38(33,34)29-13-16-35-17-14-29/h2-4,6-7,9-12,21,24H,5,8,13-20H2,1H3,(H,28,32)/t21-,24-/m0/s1. The third-order valence-corrected chi connectivity index (χ3v) is 8.60. The number of ether oxygens (including phenoxy) is 3. The average Bonchev–Trinajstić information content (AvgIpc) is 3.48. The van der Waals surface area contributed by atoms with Crippen LogP contribution in [0.5, 0.6) is 5.75 Å². The van der Waals surface area contributed by atoms with Crippen LogP contribution in [0.2, 0.25) is 0 Å². The molecule has 10 nitrogen and oxygen atoms in total. The molecule has 0 spiro atoms.